The number of aromatic hydroxyl groups is 1. The van der Waals surface area contributed by atoms with Crippen LogP contribution in [0.15, 0.2) is 60.7 Å². The molecule has 2 atom stereocenters. The number of phenols is 1. The third-order valence-corrected chi connectivity index (χ3v) is 15.2. The highest BCUT2D eigenvalue weighted by molar-refractivity contribution is 6.08. The van der Waals surface area contributed by atoms with Gasteiger partial charge in [-0.3, -0.25) is 34.3 Å². The summed E-state index contributed by atoms with van der Waals surface area (Å²) in [7, 11) is 1.71. The molecule has 0 radical (unpaired) electrons. The lowest BCUT2D eigenvalue weighted by Crippen LogP contribution is -2.65. The molecule has 1 spiro atoms. The van der Waals surface area contributed by atoms with E-state index in [4.69, 9.17) is 9.47 Å². The van der Waals surface area contributed by atoms with Crippen molar-refractivity contribution >= 4 is 40.7 Å². The first-order chi connectivity index (χ1) is 30.2. The SMILES string of the molecule is COc1cc(N2CCC(CN3CCN(C4CCN(c5ccc6c(c5)CN(C5CCC(=O)NC5=O)C6=O)CC4)CC3)CC2)ccc1[C@@H]1N(c2ccccc2O)C(=O)C12CCOCC2. The lowest BCUT2D eigenvalue weighted by atomic mass is 9.62. The van der Waals surface area contributed by atoms with E-state index in [-0.39, 0.29) is 41.8 Å². The Morgan fingerprint density at radius 3 is 2.21 bits per heavy atom. The van der Waals surface area contributed by atoms with Gasteiger partial charge in [0, 0.05) is 120 Å². The van der Waals surface area contributed by atoms with Crippen molar-refractivity contribution in [2.45, 2.75) is 76.0 Å². The zero-order valence-electron chi connectivity index (χ0n) is 35.8. The van der Waals surface area contributed by atoms with Gasteiger partial charge in [0.15, 0.2) is 0 Å². The average molecular weight is 846 g/mol. The molecule has 3 aromatic carbocycles. The van der Waals surface area contributed by atoms with Crippen molar-refractivity contribution in [1.29, 1.82) is 0 Å². The predicted octanol–water partition coefficient (Wildman–Crippen LogP) is 4.55. The van der Waals surface area contributed by atoms with Gasteiger partial charge in [-0.2, -0.15) is 0 Å². The summed E-state index contributed by atoms with van der Waals surface area (Å²) >= 11 is 0. The highest BCUT2D eigenvalue weighted by Crippen LogP contribution is 2.60. The van der Waals surface area contributed by atoms with E-state index in [2.05, 4.69) is 55.2 Å². The number of piperazine rings is 1. The molecule has 7 heterocycles. The number of phenolic OH excluding ortho intramolecular Hbond substituents is 1. The fourth-order valence-corrected chi connectivity index (χ4v) is 11.7. The van der Waals surface area contributed by atoms with Crippen molar-refractivity contribution < 1.29 is 33.8 Å². The van der Waals surface area contributed by atoms with Crippen molar-refractivity contribution in [3.05, 3.63) is 77.4 Å². The molecule has 0 aliphatic carbocycles. The van der Waals surface area contributed by atoms with Crippen LogP contribution in [0.1, 0.15) is 78.9 Å². The van der Waals surface area contributed by atoms with Gasteiger partial charge < -0.3 is 34.2 Å². The summed E-state index contributed by atoms with van der Waals surface area (Å²) in [5.41, 5.74) is 4.84. The number of hydrogen-bond acceptors (Lipinski definition) is 11. The Hall–Kier alpha value is -5.18. The Morgan fingerprint density at radius 2 is 1.50 bits per heavy atom. The number of imide groups is 1. The molecule has 1 unspecified atom stereocenters. The summed E-state index contributed by atoms with van der Waals surface area (Å²) < 4.78 is 11.8. The Balaban J connectivity index is 0.695. The molecule has 4 amide bonds. The highest BCUT2D eigenvalue weighted by Gasteiger charge is 2.62. The summed E-state index contributed by atoms with van der Waals surface area (Å²) in [5, 5.41) is 13.2. The summed E-state index contributed by atoms with van der Waals surface area (Å²) in [4.78, 5) is 64.9. The number of fused-ring (bicyclic) bond motifs is 1. The molecule has 0 saturated carbocycles. The number of para-hydroxylation sites is 2. The number of nitrogens with zero attached hydrogens (tertiary/aromatic N) is 6. The molecular weight excluding hydrogens is 787 g/mol. The number of benzene rings is 3. The predicted molar refractivity (Wildman–Crippen MR) is 234 cm³/mol. The number of nitrogens with one attached hydrogen (secondary N) is 1. The van der Waals surface area contributed by atoms with Gasteiger partial charge in [-0.15, -0.1) is 0 Å². The summed E-state index contributed by atoms with van der Waals surface area (Å²) in [6, 6.07) is 19.4. The van der Waals surface area contributed by atoms with Crippen LogP contribution < -0.4 is 24.8 Å². The second-order valence-corrected chi connectivity index (χ2v) is 18.5. The van der Waals surface area contributed by atoms with Crippen LogP contribution >= 0.6 is 0 Å². The molecule has 7 aliphatic rings. The van der Waals surface area contributed by atoms with Crippen LogP contribution in [-0.4, -0.2) is 135 Å². The maximum absolute atomic E-state index is 13.9. The zero-order chi connectivity index (χ0) is 42.5. The van der Waals surface area contributed by atoms with Crippen molar-refractivity contribution in [2.24, 2.45) is 11.3 Å². The molecule has 6 fully saturated rings. The number of carbonyl (C=O) groups excluding carboxylic acids is 4. The molecule has 328 valence electrons. The number of amides is 4. The number of rotatable bonds is 9. The Kier molecular flexibility index (Phi) is 11.1. The average Bonchev–Trinajstić information content (AvgIpc) is 3.63. The van der Waals surface area contributed by atoms with Gasteiger partial charge >= 0.3 is 0 Å². The second kappa shape index (κ2) is 16.8. The van der Waals surface area contributed by atoms with Crippen LogP contribution in [0.3, 0.4) is 0 Å². The van der Waals surface area contributed by atoms with Gasteiger partial charge in [-0.1, -0.05) is 18.2 Å². The maximum atomic E-state index is 13.9. The number of methoxy groups -OCH3 is 1. The first-order valence-electron chi connectivity index (χ1n) is 22.8. The number of β-lactam (4-membered cyclic amide) rings is 1. The normalized spacial score (nSPS) is 25.3. The molecule has 3 aromatic rings. The summed E-state index contributed by atoms with van der Waals surface area (Å²) in [6.45, 7) is 11.0. The zero-order valence-corrected chi connectivity index (χ0v) is 35.8. The first-order valence-corrected chi connectivity index (χ1v) is 22.8. The standard InChI is InChI=1S/C48H59N7O7/c1-61-42-29-36(7-9-38(42)44-48(16-26-62-27-17-48)47(60)55(44)39-4-2-3-5-41(39)56)51-18-12-32(13-19-51)30-50-22-24-53(25-23-50)34-14-20-52(21-15-34)35-6-8-37-33(28-35)31-54(46(37)59)40-10-11-43(57)49-45(40)58/h2-9,28-29,32,34,40,44,56H,10-27,30-31H2,1H3,(H,49,57,58)/t40?,44-/m0/s1. The van der Waals surface area contributed by atoms with E-state index in [0.717, 1.165) is 113 Å². The Morgan fingerprint density at radius 1 is 0.806 bits per heavy atom. The molecule has 2 N–H and O–H groups in total. The Bertz CT molecular complexity index is 2200. The van der Waals surface area contributed by atoms with Gasteiger partial charge in [0.2, 0.25) is 17.7 Å². The van der Waals surface area contributed by atoms with Gasteiger partial charge in [0.1, 0.15) is 17.5 Å². The molecule has 0 aromatic heterocycles. The minimum Gasteiger partial charge on any atom is -0.506 e. The fourth-order valence-electron chi connectivity index (χ4n) is 11.7. The minimum absolute atomic E-state index is 0.0414. The van der Waals surface area contributed by atoms with Gasteiger partial charge in [0.05, 0.1) is 24.3 Å². The van der Waals surface area contributed by atoms with Gasteiger partial charge in [0.25, 0.3) is 5.91 Å². The van der Waals surface area contributed by atoms with Crippen LogP contribution in [0.25, 0.3) is 0 Å². The van der Waals surface area contributed by atoms with Crippen LogP contribution in [0, 0.1) is 11.3 Å². The fraction of sp³-hybridized carbons (Fsp3) is 0.542. The number of ether oxygens (including phenoxy) is 2. The lowest BCUT2D eigenvalue weighted by Gasteiger charge is -2.57. The molecule has 62 heavy (non-hydrogen) atoms. The lowest BCUT2D eigenvalue weighted by molar-refractivity contribution is -0.149. The highest BCUT2D eigenvalue weighted by atomic mass is 16.5. The number of carbonyl (C=O) groups is 4. The van der Waals surface area contributed by atoms with Crippen molar-refractivity contribution in [1.82, 2.24) is 20.0 Å². The molecule has 14 heteroatoms. The van der Waals surface area contributed by atoms with E-state index in [9.17, 15) is 24.3 Å². The summed E-state index contributed by atoms with van der Waals surface area (Å²) in [5.74, 6) is 0.818. The number of hydrogen-bond donors (Lipinski definition) is 2. The third-order valence-electron chi connectivity index (χ3n) is 15.2. The first kappa shape index (κ1) is 40.9. The third kappa shape index (κ3) is 7.37. The molecule has 7 aliphatic heterocycles. The maximum Gasteiger partial charge on any atom is 0.255 e. The van der Waals surface area contributed by atoms with E-state index in [0.29, 0.717) is 62.2 Å². The van der Waals surface area contributed by atoms with Crippen LogP contribution in [-0.2, 0) is 25.7 Å². The van der Waals surface area contributed by atoms with Crippen LogP contribution in [0.2, 0.25) is 0 Å². The number of anilines is 3. The van der Waals surface area contributed by atoms with Crippen molar-refractivity contribution in [3.63, 3.8) is 0 Å². The molecule has 0 bridgehead atoms. The minimum atomic E-state index is -0.592. The van der Waals surface area contributed by atoms with E-state index in [1.807, 2.05) is 18.2 Å². The quantitative estimate of drug-likeness (QED) is 0.232. The largest absolute Gasteiger partial charge is 0.506 e. The van der Waals surface area contributed by atoms with E-state index in [1.165, 1.54) is 0 Å². The van der Waals surface area contributed by atoms with Gasteiger partial charge in [-0.25, -0.2) is 0 Å². The van der Waals surface area contributed by atoms with Crippen molar-refractivity contribution in [2.75, 3.05) is 93.9 Å². The summed E-state index contributed by atoms with van der Waals surface area (Å²) in [6.07, 6.45) is 6.46. The molecule has 6 saturated heterocycles. The van der Waals surface area contributed by atoms with Gasteiger partial charge in [-0.05, 0) is 92.8 Å². The monoisotopic (exact) mass is 845 g/mol. The molecule has 14 nitrogen and oxygen atoms in total. The van der Waals surface area contributed by atoms with E-state index in [1.54, 1.807) is 29.0 Å². The molecular formula is C48H59N7O7. The van der Waals surface area contributed by atoms with Crippen molar-refractivity contribution in [3.8, 4) is 11.5 Å². The topological polar surface area (TPSA) is 138 Å². The number of piperidine rings is 3. The van der Waals surface area contributed by atoms with E-state index < -0.39 is 11.5 Å². The Labute approximate surface area is 363 Å². The van der Waals surface area contributed by atoms with Crippen LogP contribution in [0.5, 0.6) is 11.5 Å². The van der Waals surface area contributed by atoms with E-state index >= 15 is 0 Å². The molecule has 10 rings (SSSR count). The smallest absolute Gasteiger partial charge is 0.255 e. The second-order valence-electron chi connectivity index (χ2n) is 18.5. The van der Waals surface area contributed by atoms with Crippen LogP contribution in [0.4, 0.5) is 17.1 Å².